The zero-order valence-corrected chi connectivity index (χ0v) is 12.8. The minimum atomic E-state index is -0.456. The first-order chi connectivity index (χ1) is 8.54. The van der Waals surface area contributed by atoms with Crippen LogP contribution in [0.25, 0.3) is 0 Å². The highest BCUT2D eigenvalue weighted by atomic mass is 35.5. The minimum absolute atomic E-state index is 0. The zero-order valence-electron chi connectivity index (χ0n) is 11.1. The molecule has 0 radical (unpaired) electrons. The summed E-state index contributed by atoms with van der Waals surface area (Å²) in [5.41, 5.74) is 6.71. The number of carbonyl (C=O) groups excluding carboxylic acids is 1. The van der Waals surface area contributed by atoms with Crippen LogP contribution in [0, 0.1) is 5.82 Å². The number of nitrogens with zero attached hydrogens (tertiary/aromatic N) is 1. The third-order valence-corrected chi connectivity index (χ3v) is 3.30. The predicted octanol–water partition coefficient (Wildman–Crippen LogP) is 2.29. The molecule has 1 aromatic carbocycles. The van der Waals surface area contributed by atoms with Crippen molar-refractivity contribution in [1.82, 2.24) is 4.90 Å². The van der Waals surface area contributed by atoms with Crippen molar-refractivity contribution in [2.45, 2.75) is 19.0 Å². The maximum atomic E-state index is 12.7. The quantitative estimate of drug-likeness (QED) is 0.877. The summed E-state index contributed by atoms with van der Waals surface area (Å²) in [6.07, 6.45) is 2.66. The fourth-order valence-electron chi connectivity index (χ4n) is 1.59. The highest BCUT2D eigenvalue weighted by molar-refractivity contribution is 7.98. The second kappa shape index (κ2) is 9.18. The van der Waals surface area contributed by atoms with Crippen LogP contribution in [0.5, 0.6) is 0 Å². The van der Waals surface area contributed by atoms with Crippen molar-refractivity contribution >= 4 is 30.1 Å². The number of likely N-dealkylation sites (N-methyl/N-ethyl adjacent to an activating group) is 1. The highest BCUT2D eigenvalue weighted by Gasteiger charge is 2.17. The SMILES string of the molecule is CSCC[C@H](N)C(=O)N(C)Cc1ccc(F)cc1.Cl. The van der Waals surface area contributed by atoms with Crippen LogP contribution in [-0.4, -0.2) is 35.9 Å². The van der Waals surface area contributed by atoms with E-state index in [9.17, 15) is 9.18 Å². The molecular weight excluding hydrogens is 287 g/mol. The summed E-state index contributed by atoms with van der Waals surface area (Å²) in [5, 5.41) is 0. The van der Waals surface area contributed by atoms with E-state index < -0.39 is 6.04 Å². The van der Waals surface area contributed by atoms with Gasteiger partial charge in [-0.15, -0.1) is 12.4 Å². The Kier molecular flexibility index (Phi) is 8.80. The molecule has 0 unspecified atom stereocenters. The Labute approximate surface area is 124 Å². The van der Waals surface area contributed by atoms with Gasteiger partial charge < -0.3 is 10.6 Å². The number of hydrogen-bond acceptors (Lipinski definition) is 3. The van der Waals surface area contributed by atoms with E-state index in [1.54, 1.807) is 35.8 Å². The number of amides is 1. The van der Waals surface area contributed by atoms with Gasteiger partial charge in [0.2, 0.25) is 5.91 Å². The fourth-order valence-corrected chi connectivity index (χ4v) is 2.08. The lowest BCUT2D eigenvalue weighted by Crippen LogP contribution is -2.41. The Morgan fingerprint density at radius 2 is 2.00 bits per heavy atom. The van der Waals surface area contributed by atoms with Crippen LogP contribution in [0.1, 0.15) is 12.0 Å². The first-order valence-corrected chi connectivity index (χ1v) is 7.18. The van der Waals surface area contributed by atoms with Gasteiger partial charge in [0.1, 0.15) is 5.82 Å². The smallest absolute Gasteiger partial charge is 0.239 e. The fraction of sp³-hybridized carbons (Fsp3) is 0.462. The van der Waals surface area contributed by atoms with Crippen molar-refractivity contribution in [3.63, 3.8) is 0 Å². The second-order valence-electron chi connectivity index (χ2n) is 4.21. The molecule has 1 atom stereocenters. The van der Waals surface area contributed by atoms with Gasteiger partial charge in [0.05, 0.1) is 6.04 Å². The van der Waals surface area contributed by atoms with Crippen molar-refractivity contribution in [2.75, 3.05) is 19.1 Å². The van der Waals surface area contributed by atoms with E-state index in [1.807, 2.05) is 6.26 Å². The Hall–Kier alpha value is -0.780. The van der Waals surface area contributed by atoms with Gasteiger partial charge in [-0.25, -0.2) is 4.39 Å². The molecule has 0 saturated carbocycles. The van der Waals surface area contributed by atoms with Crippen molar-refractivity contribution in [3.8, 4) is 0 Å². The molecule has 1 rings (SSSR count). The summed E-state index contributed by atoms with van der Waals surface area (Å²) in [6, 6.07) is 5.67. The number of thioether (sulfide) groups is 1. The van der Waals surface area contributed by atoms with Crippen molar-refractivity contribution in [2.24, 2.45) is 5.73 Å². The Morgan fingerprint density at radius 1 is 1.42 bits per heavy atom. The maximum absolute atomic E-state index is 12.7. The predicted molar refractivity (Wildman–Crippen MR) is 81.1 cm³/mol. The molecule has 3 nitrogen and oxygen atoms in total. The number of benzene rings is 1. The number of nitrogens with two attached hydrogens (primary N) is 1. The molecule has 0 aromatic heterocycles. The summed E-state index contributed by atoms with van der Waals surface area (Å²) in [6.45, 7) is 0.450. The summed E-state index contributed by atoms with van der Waals surface area (Å²) in [7, 11) is 1.71. The van der Waals surface area contributed by atoms with Gasteiger partial charge in [0.25, 0.3) is 0 Å². The lowest BCUT2D eigenvalue weighted by Gasteiger charge is -2.21. The van der Waals surface area contributed by atoms with E-state index in [0.717, 1.165) is 11.3 Å². The van der Waals surface area contributed by atoms with E-state index in [4.69, 9.17) is 5.73 Å². The van der Waals surface area contributed by atoms with Crippen molar-refractivity contribution < 1.29 is 9.18 Å². The first-order valence-electron chi connectivity index (χ1n) is 5.78. The first kappa shape index (κ1) is 18.2. The summed E-state index contributed by atoms with van der Waals surface area (Å²) in [4.78, 5) is 13.5. The van der Waals surface area contributed by atoms with E-state index in [0.29, 0.717) is 13.0 Å². The molecule has 0 spiro atoms. The van der Waals surface area contributed by atoms with Gasteiger partial charge in [-0.05, 0) is 36.1 Å². The van der Waals surface area contributed by atoms with Gasteiger partial charge in [-0.3, -0.25) is 4.79 Å². The van der Waals surface area contributed by atoms with Crippen LogP contribution in [0.2, 0.25) is 0 Å². The van der Waals surface area contributed by atoms with E-state index in [-0.39, 0.29) is 24.1 Å². The second-order valence-corrected chi connectivity index (χ2v) is 5.19. The molecule has 0 aliphatic heterocycles. The molecule has 108 valence electrons. The van der Waals surface area contributed by atoms with Crippen LogP contribution in [0.15, 0.2) is 24.3 Å². The molecule has 0 aliphatic rings. The van der Waals surface area contributed by atoms with Crippen LogP contribution in [0.4, 0.5) is 4.39 Å². The molecule has 2 N–H and O–H groups in total. The van der Waals surface area contributed by atoms with Crippen LogP contribution < -0.4 is 5.73 Å². The standard InChI is InChI=1S/C13H19FN2OS.ClH/c1-16(13(17)12(15)7-8-18-2)9-10-3-5-11(14)6-4-10;/h3-6,12H,7-9,15H2,1-2H3;1H/t12-;/m0./s1. The summed E-state index contributed by atoms with van der Waals surface area (Å²) >= 11 is 1.67. The topological polar surface area (TPSA) is 46.3 Å². The van der Waals surface area contributed by atoms with Gasteiger partial charge in [0.15, 0.2) is 0 Å². The number of hydrogen-bond donors (Lipinski definition) is 1. The molecule has 1 aromatic rings. The average Bonchev–Trinajstić information content (AvgIpc) is 2.37. The number of halogens is 2. The summed E-state index contributed by atoms with van der Waals surface area (Å²) in [5.74, 6) is 0.523. The molecule has 6 heteroatoms. The molecule has 0 saturated heterocycles. The molecule has 1 amide bonds. The summed E-state index contributed by atoms with van der Waals surface area (Å²) < 4.78 is 12.7. The third kappa shape index (κ3) is 6.27. The molecule has 0 bridgehead atoms. The molecular formula is C13H20ClFN2OS. The van der Waals surface area contributed by atoms with Crippen LogP contribution in [-0.2, 0) is 11.3 Å². The molecule has 0 fully saturated rings. The molecule has 0 aliphatic carbocycles. The normalized spacial score (nSPS) is 11.6. The third-order valence-electron chi connectivity index (χ3n) is 2.66. The number of rotatable bonds is 6. The van der Waals surface area contributed by atoms with Gasteiger partial charge in [0, 0.05) is 13.6 Å². The Balaban J connectivity index is 0.00000324. The van der Waals surface area contributed by atoms with Crippen LogP contribution in [0.3, 0.4) is 0 Å². The molecule has 0 heterocycles. The maximum Gasteiger partial charge on any atom is 0.239 e. The minimum Gasteiger partial charge on any atom is -0.340 e. The van der Waals surface area contributed by atoms with E-state index in [1.165, 1.54) is 12.1 Å². The van der Waals surface area contributed by atoms with E-state index >= 15 is 0 Å². The number of carbonyl (C=O) groups is 1. The van der Waals surface area contributed by atoms with E-state index in [2.05, 4.69) is 0 Å². The Bertz CT molecular complexity index is 389. The Morgan fingerprint density at radius 3 is 2.53 bits per heavy atom. The largest absolute Gasteiger partial charge is 0.340 e. The van der Waals surface area contributed by atoms with Gasteiger partial charge >= 0.3 is 0 Å². The highest BCUT2D eigenvalue weighted by Crippen LogP contribution is 2.08. The average molecular weight is 307 g/mol. The lowest BCUT2D eigenvalue weighted by molar-refractivity contribution is -0.131. The molecule has 19 heavy (non-hydrogen) atoms. The van der Waals surface area contributed by atoms with Gasteiger partial charge in [-0.1, -0.05) is 12.1 Å². The van der Waals surface area contributed by atoms with Crippen molar-refractivity contribution in [3.05, 3.63) is 35.6 Å². The lowest BCUT2D eigenvalue weighted by atomic mass is 10.1. The van der Waals surface area contributed by atoms with Gasteiger partial charge in [-0.2, -0.15) is 11.8 Å². The monoisotopic (exact) mass is 306 g/mol. The van der Waals surface area contributed by atoms with Crippen LogP contribution >= 0.6 is 24.2 Å². The zero-order chi connectivity index (χ0) is 13.5. The van der Waals surface area contributed by atoms with Crippen molar-refractivity contribution in [1.29, 1.82) is 0 Å².